The van der Waals surface area contributed by atoms with Gasteiger partial charge in [-0.05, 0) is 38.4 Å². The van der Waals surface area contributed by atoms with Gasteiger partial charge < -0.3 is 15.3 Å². The number of nitrogens with one attached hydrogen (secondary N) is 2. The highest BCUT2D eigenvalue weighted by Crippen LogP contribution is 2.46. The van der Waals surface area contributed by atoms with E-state index in [1.807, 2.05) is 0 Å². The summed E-state index contributed by atoms with van der Waals surface area (Å²) >= 11 is 3.13. The van der Waals surface area contributed by atoms with Gasteiger partial charge in [-0.25, -0.2) is 15.0 Å². The Bertz CT molecular complexity index is 1150. The van der Waals surface area contributed by atoms with E-state index in [1.54, 1.807) is 36.0 Å². The van der Waals surface area contributed by atoms with Gasteiger partial charge in [-0.2, -0.15) is 5.10 Å². The zero-order valence-electron chi connectivity index (χ0n) is 15.6. The number of piperidine rings is 1. The van der Waals surface area contributed by atoms with Crippen LogP contribution in [0.3, 0.4) is 0 Å². The molecule has 10 heteroatoms. The van der Waals surface area contributed by atoms with Gasteiger partial charge in [-0.3, -0.25) is 5.10 Å². The Morgan fingerprint density at radius 1 is 1.03 bits per heavy atom. The monoisotopic (exact) mass is 425 g/mol. The minimum atomic E-state index is 0.113. The molecule has 29 heavy (non-hydrogen) atoms. The molecular weight excluding hydrogens is 406 g/mol. The first-order valence-electron chi connectivity index (χ1n) is 9.66. The lowest BCUT2D eigenvalue weighted by molar-refractivity contribution is 0.206. The van der Waals surface area contributed by atoms with Crippen molar-refractivity contribution in [2.75, 3.05) is 24.5 Å². The Hall–Kier alpha value is -2.56. The van der Waals surface area contributed by atoms with E-state index in [9.17, 15) is 5.11 Å². The third-order valence-electron chi connectivity index (χ3n) is 6.00. The van der Waals surface area contributed by atoms with Crippen LogP contribution in [0.15, 0.2) is 24.7 Å². The molecule has 2 saturated heterocycles. The summed E-state index contributed by atoms with van der Waals surface area (Å²) < 4.78 is 0. The third-order valence-corrected chi connectivity index (χ3v) is 8.06. The fourth-order valence-corrected chi connectivity index (χ4v) is 6.46. The van der Waals surface area contributed by atoms with Gasteiger partial charge in [0.25, 0.3) is 0 Å². The van der Waals surface area contributed by atoms with Crippen LogP contribution < -0.4 is 10.2 Å². The topological polar surface area (TPSA) is 103 Å². The summed E-state index contributed by atoms with van der Waals surface area (Å²) in [6.07, 6.45) is 8.81. The van der Waals surface area contributed by atoms with Gasteiger partial charge in [0.1, 0.15) is 16.5 Å². The van der Waals surface area contributed by atoms with E-state index in [0.29, 0.717) is 10.7 Å². The standard InChI is InChI=1S/C19H19N7OS2/c27-13-7-11(12-9-22-23-10-12)8-21-14(13)15-24-16-17(28-15)25-18(29-16)26-6-3-19(26)1-4-20-5-2-19/h7-10,20,27H,1-6H2,(H,22,23). The maximum atomic E-state index is 10.5. The summed E-state index contributed by atoms with van der Waals surface area (Å²) in [5, 5.41) is 22.4. The van der Waals surface area contributed by atoms with E-state index in [4.69, 9.17) is 9.97 Å². The van der Waals surface area contributed by atoms with Crippen LogP contribution in [0.5, 0.6) is 5.75 Å². The molecule has 0 aromatic carbocycles. The van der Waals surface area contributed by atoms with Gasteiger partial charge in [-0.15, -0.1) is 0 Å². The predicted octanol–water partition coefficient (Wildman–Crippen LogP) is 3.24. The fraction of sp³-hybridized carbons (Fsp3) is 0.368. The van der Waals surface area contributed by atoms with Crippen LogP contribution in [0.4, 0.5) is 5.13 Å². The number of aromatic amines is 1. The molecule has 1 spiro atoms. The van der Waals surface area contributed by atoms with Crippen LogP contribution in [-0.4, -0.2) is 55.4 Å². The summed E-state index contributed by atoms with van der Waals surface area (Å²) in [7, 11) is 0. The third kappa shape index (κ3) is 2.74. The molecule has 0 aliphatic carbocycles. The number of aromatic nitrogens is 5. The van der Waals surface area contributed by atoms with Crippen molar-refractivity contribution in [2.24, 2.45) is 0 Å². The average Bonchev–Trinajstić information content (AvgIpc) is 3.44. The van der Waals surface area contributed by atoms with Gasteiger partial charge in [-0.1, -0.05) is 22.7 Å². The first-order valence-corrected chi connectivity index (χ1v) is 11.3. The second-order valence-corrected chi connectivity index (χ2v) is 9.51. The van der Waals surface area contributed by atoms with Crippen molar-refractivity contribution >= 4 is 37.5 Å². The molecule has 3 N–H and O–H groups in total. The van der Waals surface area contributed by atoms with Crippen LogP contribution in [-0.2, 0) is 0 Å². The zero-order valence-corrected chi connectivity index (χ0v) is 17.2. The van der Waals surface area contributed by atoms with Crippen LogP contribution in [0, 0.1) is 0 Å². The van der Waals surface area contributed by atoms with Crippen molar-refractivity contribution < 1.29 is 5.11 Å². The van der Waals surface area contributed by atoms with Gasteiger partial charge in [0.2, 0.25) is 0 Å². The Morgan fingerprint density at radius 2 is 1.90 bits per heavy atom. The van der Waals surface area contributed by atoms with Crippen LogP contribution in [0.2, 0.25) is 0 Å². The van der Waals surface area contributed by atoms with Crippen molar-refractivity contribution in [3.05, 3.63) is 24.7 Å². The minimum Gasteiger partial charge on any atom is -0.506 e. The molecule has 0 radical (unpaired) electrons. The molecule has 2 fully saturated rings. The Kier molecular flexibility index (Phi) is 3.87. The number of hydrogen-bond acceptors (Lipinski definition) is 9. The molecule has 0 bridgehead atoms. The second-order valence-electron chi connectivity index (χ2n) is 7.58. The van der Waals surface area contributed by atoms with Crippen molar-refractivity contribution in [1.29, 1.82) is 0 Å². The molecule has 4 aromatic heterocycles. The van der Waals surface area contributed by atoms with Crippen molar-refractivity contribution in [3.63, 3.8) is 0 Å². The van der Waals surface area contributed by atoms with Crippen molar-refractivity contribution in [3.8, 4) is 27.6 Å². The predicted molar refractivity (Wildman–Crippen MR) is 115 cm³/mol. The van der Waals surface area contributed by atoms with E-state index in [2.05, 4.69) is 25.4 Å². The number of aromatic hydroxyl groups is 1. The highest BCUT2D eigenvalue weighted by molar-refractivity contribution is 7.29. The summed E-state index contributed by atoms with van der Waals surface area (Å²) in [6, 6.07) is 1.70. The van der Waals surface area contributed by atoms with Gasteiger partial charge in [0.05, 0.1) is 6.20 Å². The maximum Gasteiger partial charge on any atom is 0.189 e. The molecule has 2 aliphatic heterocycles. The largest absolute Gasteiger partial charge is 0.506 e. The van der Waals surface area contributed by atoms with E-state index in [0.717, 1.165) is 45.6 Å². The number of anilines is 1. The molecule has 6 heterocycles. The summed E-state index contributed by atoms with van der Waals surface area (Å²) in [6.45, 7) is 3.24. The number of thiazole rings is 2. The SMILES string of the molecule is Oc1cc(-c2cn[nH]c2)cnc1-c1nc2sc(N3CCC34CCNCC4)nc2s1. The molecule has 8 nitrogen and oxygen atoms in total. The lowest BCUT2D eigenvalue weighted by Crippen LogP contribution is -2.64. The number of nitrogens with zero attached hydrogens (tertiary/aromatic N) is 5. The average molecular weight is 426 g/mol. The second kappa shape index (κ2) is 6.48. The first-order chi connectivity index (χ1) is 14.2. The normalized spacial score (nSPS) is 18.4. The molecule has 0 amide bonds. The van der Waals surface area contributed by atoms with Crippen LogP contribution in [0.1, 0.15) is 19.3 Å². The Balaban J connectivity index is 1.30. The minimum absolute atomic E-state index is 0.113. The molecular formula is C19H19N7OS2. The van der Waals surface area contributed by atoms with Gasteiger partial charge in [0.15, 0.2) is 14.8 Å². The molecule has 2 aliphatic rings. The molecule has 4 aromatic rings. The van der Waals surface area contributed by atoms with Crippen LogP contribution >= 0.6 is 22.7 Å². The lowest BCUT2D eigenvalue weighted by Gasteiger charge is -2.55. The highest BCUT2D eigenvalue weighted by Gasteiger charge is 2.46. The van der Waals surface area contributed by atoms with Gasteiger partial charge >= 0.3 is 0 Å². The van der Waals surface area contributed by atoms with Crippen molar-refractivity contribution in [1.82, 2.24) is 30.5 Å². The number of rotatable bonds is 3. The fourth-order valence-electron chi connectivity index (χ4n) is 4.28. The molecule has 0 unspecified atom stereocenters. The smallest absolute Gasteiger partial charge is 0.189 e. The molecule has 148 valence electrons. The number of fused-ring (bicyclic) bond motifs is 1. The van der Waals surface area contributed by atoms with E-state index >= 15 is 0 Å². The highest BCUT2D eigenvalue weighted by atomic mass is 32.1. The number of hydrogen-bond donors (Lipinski definition) is 3. The number of H-pyrrole nitrogens is 1. The summed E-state index contributed by atoms with van der Waals surface area (Å²) in [4.78, 5) is 18.4. The first kappa shape index (κ1) is 17.3. The molecule has 0 saturated carbocycles. The van der Waals surface area contributed by atoms with Gasteiger partial charge in [0, 0.05) is 35.6 Å². The van der Waals surface area contributed by atoms with E-state index < -0.39 is 0 Å². The Labute approximate surface area is 174 Å². The summed E-state index contributed by atoms with van der Waals surface area (Å²) in [5.41, 5.74) is 2.47. The zero-order chi connectivity index (χ0) is 19.4. The van der Waals surface area contributed by atoms with E-state index in [-0.39, 0.29) is 11.3 Å². The quantitative estimate of drug-likeness (QED) is 0.463. The summed E-state index contributed by atoms with van der Waals surface area (Å²) in [5.74, 6) is 0.113. The Morgan fingerprint density at radius 3 is 2.59 bits per heavy atom. The molecule has 0 atom stereocenters. The maximum absolute atomic E-state index is 10.5. The lowest BCUT2D eigenvalue weighted by atomic mass is 9.77. The molecule has 6 rings (SSSR count). The number of pyridine rings is 1. The van der Waals surface area contributed by atoms with E-state index in [1.165, 1.54) is 30.6 Å². The van der Waals surface area contributed by atoms with Crippen LogP contribution in [0.25, 0.3) is 31.5 Å². The van der Waals surface area contributed by atoms with Crippen molar-refractivity contribution in [2.45, 2.75) is 24.8 Å².